The molecule has 2 rings (SSSR count). The van der Waals surface area contributed by atoms with E-state index in [1.165, 1.54) is 23.8 Å². The van der Waals surface area contributed by atoms with Gasteiger partial charge in [0.2, 0.25) is 0 Å². The van der Waals surface area contributed by atoms with Gasteiger partial charge in [-0.3, -0.25) is 4.79 Å². The summed E-state index contributed by atoms with van der Waals surface area (Å²) in [6.07, 6.45) is 0. The summed E-state index contributed by atoms with van der Waals surface area (Å²) < 4.78 is 0. The maximum Gasteiger partial charge on any atom is 0.170 e. The minimum atomic E-state index is -0.293. The normalized spacial score (nSPS) is 12.2. The molecule has 1 unspecified atom stereocenters. The highest BCUT2D eigenvalue weighted by atomic mass is 16.3. The first-order valence-corrected chi connectivity index (χ1v) is 6.53. The molecule has 0 saturated carbocycles. The second-order valence-electron chi connectivity index (χ2n) is 5.13. The Kier molecular flexibility index (Phi) is 3.79. The lowest BCUT2D eigenvalue weighted by Crippen LogP contribution is -2.10. The first-order chi connectivity index (χ1) is 9.40. The molecule has 1 atom stereocenters. The fourth-order valence-electron chi connectivity index (χ4n) is 2.11. The van der Waals surface area contributed by atoms with Gasteiger partial charge in [-0.1, -0.05) is 25.1 Å². The van der Waals surface area contributed by atoms with Gasteiger partial charge in [0.15, 0.2) is 17.3 Å². The molecule has 0 saturated heterocycles. The van der Waals surface area contributed by atoms with E-state index in [0.29, 0.717) is 5.56 Å². The quantitative estimate of drug-likeness (QED) is 0.660. The molecule has 20 heavy (non-hydrogen) atoms. The molecule has 0 aromatic heterocycles. The molecule has 2 aromatic rings. The van der Waals surface area contributed by atoms with Gasteiger partial charge in [0.05, 0.1) is 0 Å². The number of Topliss-reactive ketones (excluding diaryl/α,β-unsaturated/α-hetero) is 1. The molecular formula is C17H18O3. The van der Waals surface area contributed by atoms with Crippen LogP contribution in [0.5, 0.6) is 11.5 Å². The van der Waals surface area contributed by atoms with Crippen molar-refractivity contribution >= 4 is 5.78 Å². The van der Waals surface area contributed by atoms with Gasteiger partial charge < -0.3 is 10.2 Å². The molecule has 0 aliphatic heterocycles. The number of phenolic OH excluding ortho intramolecular Hbond substituents is 2. The summed E-state index contributed by atoms with van der Waals surface area (Å²) in [5.41, 5.74) is 3.68. The van der Waals surface area contributed by atoms with Crippen molar-refractivity contribution in [2.24, 2.45) is 0 Å². The highest BCUT2D eigenvalue weighted by Gasteiger charge is 2.18. The molecule has 0 fully saturated rings. The number of benzene rings is 2. The van der Waals surface area contributed by atoms with Crippen LogP contribution in [0.1, 0.15) is 39.9 Å². The summed E-state index contributed by atoms with van der Waals surface area (Å²) in [6.45, 7) is 5.89. The van der Waals surface area contributed by atoms with E-state index < -0.39 is 0 Å². The minimum Gasteiger partial charge on any atom is -0.504 e. The SMILES string of the molecule is Cc1ccc(C(C)C(=O)c2ccc(O)c(O)c2)cc1C. The monoisotopic (exact) mass is 270 g/mol. The average molecular weight is 270 g/mol. The lowest BCUT2D eigenvalue weighted by atomic mass is 9.90. The molecule has 0 aliphatic carbocycles. The second-order valence-corrected chi connectivity index (χ2v) is 5.13. The fourth-order valence-corrected chi connectivity index (χ4v) is 2.11. The number of hydrogen-bond donors (Lipinski definition) is 2. The van der Waals surface area contributed by atoms with Crippen molar-refractivity contribution in [1.82, 2.24) is 0 Å². The molecule has 2 N–H and O–H groups in total. The van der Waals surface area contributed by atoms with E-state index in [1.54, 1.807) is 0 Å². The Hall–Kier alpha value is -2.29. The van der Waals surface area contributed by atoms with Gasteiger partial charge >= 0.3 is 0 Å². The van der Waals surface area contributed by atoms with Gasteiger partial charge in [-0.15, -0.1) is 0 Å². The largest absolute Gasteiger partial charge is 0.504 e. The highest BCUT2D eigenvalue weighted by molar-refractivity contribution is 6.01. The van der Waals surface area contributed by atoms with Gasteiger partial charge in [0, 0.05) is 11.5 Å². The van der Waals surface area contributed by atoms with Crippen molar-refractivity contribution in [1.29, 1.82) is 0 Å². The molecule has 0 amide bonds. The van der Waals surface area contributed by atoms with E-state index in [-0.39, 0.29) is 23.2 Å². The summed E-state index contributed by atoms with van der Waals surface area (Å²) >= 11 is 0. The molecule has 3 heteroatoms. The summed E-state index contributed by atoms with van der Waals surface area (Å²) in [5, 5.41) is 18.8. The van der Waals surface area contributed by atoms with Gasteiger partial charge in [-0.05, 0) is 48.7 Å². The Labute approximate surface area is 118 Å². The van der Waals surface area contributed by atoms with Crippen molar-refractivity contribution in [3.05, 3.63) is 58.7 Å². The number of aromatic hydroxyl groups is 2. The maximum atomic E-state index is 12.4. The molecule has 0 spiro atoms. The second kappa shape index (κ2) is 5.37. The van der Waals surface area contributed by atoms with Crippen LogP contribution < -0.4 is 0 Å². The van der Waals surface area contributed by atoms with Crippen LogP contribution in [0.2, 0.25) is 0 Å². The van der Waals surface area contributed by atoms with Crippen molar-refractivity contribution in [3.63, 3.8) is 0 Å². The number of carbonyl (C=O) groups excluding carboxylic acids is 1. The molecule has 0 bridgehead atoms. The topological polar surface area (TPSA) is 57.5 Å². The Balaban J connectivity index is 2.32. The third-order valence-electron chi connectivity index (χ3n) is 3.68. The molecular weight excluding hydrogens is 252 g/mol. The third kappa shape index (κ3) is 2.67. The number of phenols is 2. The zero-order chi connectivity index (χ0) is 14.9. The Bertz CT molecular complexity index is 659. The van der Waals surface area contributed by atoms with Crippen LogP contribution >= 0.6 is 0 Å². The average Bonchev–Trinajstić information content (AvgIpc) is 2.43. The van der Waals surface area contributed by atoms with Gasteiger partial charge in [0.25, 0.3) is 0 Å². The van der Waals surface area contributed by atoms with E-state index in [1.807, 2.05) is 39.0 Å². The van der Waals surface area contributed by atoms with Crippen molar-refractivity contribution in [3.8, 4) is 11.5 Å². The lowest BCUT2D eigenvalue weighted by Gasteiger charge is -2.13. The van der Waals surface area contributed by atoms with E-state index in [0.717, 1.165) is 11.1 Å². The highest BCUT2D eigenvalue weighted by Crippen LogP contribution is 2.28. The maximum absolute atomic E-state index is 12.4. The van der Waals surface area contributed by atoms with E-state index in [2.05, 4.69) is 0 Å². The fraction of sp³-hybridized carbons (Fsp3) is 0.235. The van der Waals surface area contributed by atoms with E-state index in [4.69, 9.17) is 0 Å². The molecule has 0 aliphatic rings. The Morgan fingerprint density at radius 3 is 2.25 bits per heavy atom. The molecule has 104 valence electrons. The minimum absolute atomic E-state index is 0.0800. The Morgan fingerprint density at radius 1 is 0.950 bits per heavy atom. The van der Waals surface area contributed by atoms with Crippen LogP contribution in [0.25, 0.3) is 0 Å². The summed E-state index contributed by atoms with van der Waals surface area (Å²) in [6, 6.07) is 10.1. The van der Waals surface area contributed by atoms with Crippen LogP contribution in [-0.4, -0.2) is 16.0 Å². The van der Waals surface area contributed by atoms with Crippen LogP contribution in [0.15, 0.2) is 36.4 Å². The van der Waals surface area contributed by atoms with Crippen molar-refractivity contribution < 1.29 is 15.0 Å². The van der Waals surface area contributed by atoms with Crippen molar-refractivity contribution in [2.45, 2.75) is 26.7 Å². The first kappa shape index (κ1) is 14.1. The number of rotatable bonds is 3. The molecule has 0 heterocycles. The van der Waals surface area contributed by atoms with Gasteiger partial charge in [0.1, 0.15) is 0 Å². The smallest absolute Gasteiger partial charge is 0.170 e. The zero-order valence-electron chi connectivity index (χ0n) is 11.8. The number of hydrogen-bond acceptors (Lipinski definition) is 3. The standard InChI is InChI=1S/C17H18O3/c1-10-4-5-13(8-11(10)2)12(3)17(20)14-6-7-15(18)16(19)9-14/h4-9,12,18-19H,1-3H3. The lowest BCUT2D eigenvalue weighted by molar-refractivity contribution is 0.0965. The van der Waals surface area contributed by atoms with Crippen molar-refractivity contribution in [2.75, 3.05) is 0 Å². The number of aryl methyl sites for hydroxylation is 2. The molecule has 0 radical (unpaired) electrons. The van der Waals surface area contributed by atoms with Crippen LogP contribution in [-0.2, 0) is 0 Å². The summed E-state index contributed by atoms with van der Waals surface area (Å²) in [7, 11) is 0. The van der Waals surface area contributed by atoms with Gasteiger partial charge in [-0.25, -0.2) is 0 Å². The number of carbonyl (C=O) groups is 1. The molecule has 2 aromatic carbocycles. The van der Waals surface area contributed by atoms with Crippen LogP contribution in [0, 0.1) is 13.8 Å². The van der Waals surface area contributed by atoms with Gasteiger partial charge in [-0.2, -0.15) is 0 Å². The van der Waals surface area contributed by atoms with E-state index in [9.17, 15) is 15.0 Å². The zero-order valence-corrected chi connectivity index (χ0v) is 11.8. The van der Waals surface area contributed by atoms with E-state index >= 15 is 0 Å². The van der Waals surface area contributed by atoms with Crippen LogP contribution in [0.3, 0.4) is 0 Å². The third-order valence-corrected chi connectivity index (χ3v) is 3.68. The Morgan fingerprint density at radius 2 is 1.65 bits per heavy atom. The first-order valence-electron chi connectivity index (χ1n) is 6.53. The van der Waals surface area contributed by atoms with Crippen LogP contribution in [0.4, 0.5) is 0 Å². The predicted molar refractivity (Wildman–Crippen MR) is 78.4 cm³/mol. The predicted octanol–water partition coefficient (Wildman–Crippen LogP) is 3.70. The summed E-state index contributed by atoms with van der Waals surface area (Å²) in [5.74, 6) is -0.870. The number of ketones is 1. The summed E-state index contributed by atoms with van der Waals surface area (Å²) in [4.78, 5) is 12.4. The molecule has 3 nitrogen and oxygen atoms in total.